The van der Waals surface area contributed by atoms with Gasteiger partial charge in [-0.25, -0.2) is 9.78 Å². The Balaban J connectivity index is 2.41. The number of hydrogen-bond acceptors (Lipinski definition) is 5. The van der Waals surface area contributed by atoms with Crippen LogP contribution in [0.5, 0.6) is 11.5 Å². The fourth-order valence-corrected chi connectivity index (χ4v) is 2.62. The van der Waals surface area contributed by atoms with Crippen LogP contribution in [0.2, 0.25) is 0 Å². The predicted octanol–water partition coefficient (Wildman–Crippen LogP) is 2.95. The average molecular weight is 291 g/mol. The second kappa shape index (κ2) is 6.29. The average Bonchev–Trinajstić information content (AvgIpc) is 2.47. The number of carboxylic acid groups (broad SMARTS) is 1. The Morgan fingerprint density at radius 2 is 2.05 bits per heavy atom. The molecule has 2 rings (SSSR count). The lowest BCUT2D eigenvalue weighted by Gasteiger charge is -2.10. The van der Waals surface area contributed by atoms with Crippen LogP contribution in [0.3, 0.4) is 0 Å². The van der Waals surface area contributed by atoms with Crippen molar-refractivity contribution < 1.29 is 19.4 Å². The summed E-state index contributed by atoms with van der Waals surface area (Å²) in [6, 6.07) is 8.44. The van der Waals surface area contributed by atoms with E-state index < -0.39 is 5.97 Å². The van der Waals surface area contributed by atoms with Crippen LogP contribution in [0, 0.1) is 0 Å². The number of carbonyl (C=O) groups is 1. The first-order valence-electron chi connectivity index (χ1n) is 5.74. The molecule has 5 nitrogen and oxygen atoms in total. The summed E-state index contributed by atoms with van der Waals surface area (Å²) in [6.07, 6.45) is 1.56. The molecule has 0 saturated carbocycles. The third-order valence-electron chi connectivity index (χ3n) is 2.58. The first-order chi connectivity index (χ1) is 9.65. The van der Waals surface area contributed by atoms with E-state index in [1.807, 2.05) is 0 Å². The summed E-state index contributed by atoms with van der Waals surface area (Å²) in [5.74, 6) is 0.293. The minimum atomic E-state index is -1.01. The maximum Gasteiger partial charge on any atom is 0.338 e. The maximum atomic E-state index is 11.2. The normalized spacial score (nSPS) is 10.1. The van der Waals surface area contributed by atoms with Crippen molar-refractivity contribution in [1.82, 2.24) is 4.98 Å². The molecule has 1 aromatic carbocycles. The van der Waals surface area contributed by atoms with Gasteiger partial charge >= 0.3 is 5.97 Å². The van der Waals surface area contributed by atoms with Gasteiger partial charge in [0.25, 0.3) is 0 Å². The van der Waals surface area contributed by atoms with Crippen LogP contribution >= 0.6 is 11.8 Å². The second-order valence-corrected chi connectivity index (χ2v) is 4.81. The SMILES string of the molecule is COc1ccc(OC)c(Sc2ncccc2C(=O)O)c1. The predicted molar refractivity (Wildman–Crippen MR) is 74.9 cm³/mol. The van der Waals surface area contributed by atoms with E-state index in [4.69, 9.17) is 14.6 Å². The van der Waals surface area contributed by atoms with E-state index in [0.717, 1.165) is 4.90 Å². The topological polar surface area (TPSA) is 68.7 Å². The molecule has 20 heavy (non-hydrogen) atoms. The van der Waals surface area contributed by atoms with E-state index in [0.29, 0.717) is 16.5 Å². The number of hydrogen-bond donors (Lipinski definition) is 1. The van der Waals surface area contributed by atoms with Crippen molar-refractivity contribution in [3.05, 3.63) is 42.1 Å². The van der Waals surface area contributed by atoms with Crippen LogP contribution in [0.4, 0.5) is 0 Å². The third kappa shape index (κ3) is 3.03. The Labute approximate surface area is 120 Å². The molecule has 1 aromatic heterocycles. The highest BCUT2D eigenvalue weighted by Gasteiger charge is 2.14. The fraction of sp³-hybridized carbons (Fsp3) is 0.143. The number of ether oxygens (including phenoxy) is 2. The molecule has 1 N–H and O–H groups in total. The lowest BCUT2D eigenvalue weighted by atomic mass is 10.3. The lowest BCUT2D eigenvalue weighted by molar-refractivity contribution is 0.0692. The lowest BCUT2D eigenvalue weighted by Crippen LogP contribution is -2.00. The van der Waals surface area contributed by atoms with Crippen molar-refractivity contribution in [2.75, 3.05) is 14.2 Å². The molecular weight excluding hydrogens is 278 g/mol. The molecule has 6 heteroatoms. The zero-order valence-electron chi connectivity index (χ0n) is 11.0. The smallest absolute Gasteiger partial charge is 0.338 e. The van der Waals surface area contributed by atoms with Crippen LogP contribution in [-0.2, 0) is 0 Å². The van der Waals surface area contributed by atoms with Crippen molar-refractivity contribution in [2.24, 2.45) is 0 Å². The summed E-state index contributed by atoms with van der Waals surface area (Å²) in [5.41, 5.74) is 0.155. The number of aromatic carboxylic acids is 1. The number of pyridine rings is 1. The molecule has 104 valence electrons. The van der Waals surface area contributed by atoms with E-state index in [1.165, 1.54) is 17.8 Å². The van der Waals surface area contributed by atoms with Crippen LogP contribution in [0.1, 0.15) is 10.4 Å². The van der Waals surface area contributed by atoms with Gasteiger partial charge in [-0.15, -0.1) is 0 Å². The van der Waals surface area contributed by atoms with Crippen molar-refractivity contribution in [2.45, 2.75) is 9.92 Å². The summed E-state index contributed by atoms with van der Waals surface area (Å²) in [5, 5.41) is 9.57. The van der Waals surface area contributed by atoms with Gasteiger partial charge in [0.15, 0.2) is 0 Å². The van der Waals surface area contributed by atoms with E-state index in [-0.39, 0.29) is 5.56 Å². The Morgan fingerprint density at radius 1 is 1.25 bits per heavy atom. The molecule has 0 aliphatic rings. The molecule has 0 saturated heterocycles. The van der Waals surface area contributed by atoms with Crippen molar-refractivity contribution >= 4 is 17.7 Å². The first kappa shape index (κ1) is 14.2. The number of benzene rings is 1. The summed E-state index contributed by atoms with van der Waals surface area (Å²) in [7, 11) is 3.13. The molecule has 0 spiro atoms. The number of carboxylic acids is 1. The van der Waals surface area contributed by atoms with Crippen LogP contribution in [-0.4, -0.2) is 30.3 Å². The first-order valence-corrected chi connectivity index (χ1v) is 6.55. The van der Waals surface area contributed by atoms with Gasteiger partial charge in [0.1, 0.15) is 16.5 Å². The number of methoxy groups -OCH3 is 2. The van der Waals surface area contributed by atoms with Gasteiger partial charge in [0.05, 0.1) is 24.7 Å². The zero-order chi connectivity index (χ0) is 14.5. The molecule has 0 aliphatic heterocycles. The Kier molecular flexibility index (Phi) is 4.47. The number of aromatic nitrogens is 1. The second-order valence-electron chi connectivity index (χ2n) is 3.78. The molecule has 0 aliphatic carbocycles. The molecule has 1 heterocycles. The minimum absolute atomic E-state index is 0.155. The minimum Gasteiger partial charge on any atom is -0.497 e. The largest absolute Gasteiger partial charge is 0.497 e. The monoisotopic (exact) mass is 291 g/mol. The van der Waals surface area contributed by atoms with Gasteiger partial charge in [0.2, 0.25) is 0 Å². The summed E-state index contributed by atoms with van der Waals surface area (Å²) in [4.78, 5) is 16.0. The van der Waals surface area contributed by atoms with E-state index >= 15 is 0 Å². The van der Waals surface area contributed by atoms with E-state index in [2.05, 4.69) is 4.98 Å². The highest BCUT2D eigenvalue weighted by molar-refractivity contribution is 7.99. The van der Waals surface area contributed by atoms with Gasteiger partial charge in [-0.3, -0.25) is 0 Å². The highest BCUT2D eigenvalue weighted by Crippen LogP contribution is 2.37. The zero-order valence-corrected chi connectivity index (χ0v) is 11.8. The standard InChI is InChI=1S/C14H13NO4S/c1-18-9-5-6-11(19-2)12(8-9)20-13-10(14(16)17)4-3-7-15-13/h3-8H,1-2H3,(H,16,17). The van der Waals surface area contributed by atoms with E-state index in [1.54, 1.807) is 44.7 Å². The van der Waals surface area contributed by atoms with Gasteiger partial charge in [-0.1, -0.05) is 11.8 Å². The Morgan fingerprint density at radius 3 is 2.70 bits per heavy atom. The Bertz CT molecular complexity index is 630. The quantitative estimate of drug-likeness (QED) is 0.913. The molecule has 0 bridgehead atoms. The molecule has 0 unspecified atom stereocenters. The van der Waals surface area contributed by atoms with Crippen LogP contribution in [0.25, 0.3) is 0 Å². The van der Waals surface area contributed by atoms with Crippen molar-refractivity contribution in [1.29, 1.82) is 0 Å². The maximum absolute atomic E-state index is 11.2. The third-order valence-corrected chi connectivity index (χ3v) is 3.64. The fourth-order valence-electron chi connectivity index (χ4n) is 1.60. The highest BCUT2D eigenvalue weighted by atomic mass is 32.2. The van der Waals surface area contributed by atoms with Gasteiger partial charge in [0, 0.05) is 6.20 Å². The molecule has 0 amide bonds. The Hall–Kier alpha value is -2.21. The van der Waals surface area contributed by atoms with Crippen molar-refractivity contribution in [3.63, 3.8) is 0 Å². The molecule has 2 aromatic rings. The van der Waals surface area contributed by atoms with Crippen LogP contribution in [0.15, 0.2) is 46.5 Å². The summed E-state index contributed by atoms with van der Waals surface area (Å²) in [6.45, 7) is 0. The van der Waals surface area contributed by atoms with Gasteiger partial charge < -0.3 is 14.6 Å². The summed E-state index contributed by atoms with van der Waals surface area (Å²) < 4.78 is 10.4. The van der Waals surface area contributed by atoms with E-state index in [9.17, 15) is 4.79 Å². The van der Waals surface area contributed by atoms with Crippen LogP contribution < -0.4 is 9.47 Å². The van der Waals surface area contributed by atoms with Gasteiger partial charge in [-0.2, -0.15) is 0 Å². The number of rotatable bonds is 5. The molecule has 0 radical (unpaired) electrons. The van der Waals surface area contributed by atoms with Gasteiger partial charge in [-0.05, 0) is 30.3 Å². The van der Waals surface area contributed by atoms with Crippen molar-refractivity contribution in [3.8, 4) is 11.5 Å². The molecule has 0 fully saturated rings. The summed E-state index contributed by atoms with van der Waals surface area (Å²) >= 11 is 1.23. The molecule has 0 atom stereocenters. The molecular formula is C14H13NO4S. The number of nitrogens with zero attached hydrogens (tertiary/aromatic N) is 1.